The minimum Gasteiger partial charge on any atom is -0.496 e. The van der Waals surface area contributed by atoms with Gasteiger partial charge in [-0.05, 0) is 37.8 Å². The first kappa shape index (κ1) is 21.5. The van der Waals surface area contributed by atoms with Crippen molar-refractivity contribution in [3.05, 3.63) is 47.5 Å². The molecule has 2 aromatic rings. The standard InChI is InChI=1S/C23H29NO4S/c1-26-19-13-21(28-3)20(27-2)12-17(19)15-24-11-7-8-16(14-24)23(25)18-9-5-6-10-22(18)29-4/h5-6,9-10,12-13,16H,7-8,11,14-15H2,1-4H3/t16-/m0/s1. The number of likely N-dealkylation sites (tertiary alicyclic amines) is 1. The highest BCUT2D eigenvalue weighted by Crippen LogP contribution is 2.36. The molecule has 0 spiro atoms. The summed E-state index contributed by atoms with van der Waals surface area (Å²) in [5, 5.41) is 0. The van der Waals surface area contributed by atoms with Crippen molar-refractivity contribution in [2.75, 3.05) is 40.7 Å². The van der Waals surface area contributed by atoms with Crippen LogP contribution in [0.4, 0.5) is 0 Å². The van der Waals surface area contributed by atoms with E-state index >= 15 is 0 Å². The van der Waals surface area contributed by atoms with Crippen molar-refractivity contribution in [1.82, 2.24) is 4.90 Å². The fourth-order valence-electron chi connectivity index (χ4n) is 3.94. The first-order valence-electron chi connectivity index (χ1n) is 9.79. The molecule has 1 saturated heterocycles. The maximum Gasteiger partial charge on any atom is 0.168 e. The minimum absolute atomic E-state index is 0.0168. The molecule has 156 valence electrons. The van der Waals surface area contributed by atoms with Crippen LogP contribution in [0.2, 0.25) is 0 Å². The Morgan fingerprint density at radius 2 is 1.76 bits per heavy atom. The van der Waals surface area contributed by atoms with E-state index in [4.69, 9.17) is 14.2 Å². The maximum absolute atomic E-state index is 13.2. The van der Waals surface area contributed by atoms with Crippen molar-refractivity contribution in [2.24, 2.45) is 5.92 Å². The number of carbonyl (C=O) groups excluding carboxylic acids is 1. The number of methoxy groups -OCH3 is 3. The van der Waals surface area contributed by atoms with Gasteiger partial charge in [0.15, 0.2) is 17.3 Å². The highest BCUT2D eigenvalue weighted by molar-refractivity contribution is 7.98. The molecule has 1 fully saturated rings. The maximum atomic E-state index is 13.2. The van der Waals surface area contributed by atoms with Crippen LogP contribution >= 0.6 is 11.8 Å². The molecule has 0 unspecified atom stereocenters. The summed E-state index contributed by atoms with van der Waals surface area (Å²) in [6, 6.07) is 11.7. The second-order valence-electron chi connectivity index (χ2n) is 7.16. The SMILES string of the molecule is COc1cc(OC)c(OC)cc1CN1CCC[C@H](C(=O)c2ccccc2SC)C1. The van der Waals surface area contributed by atoms with Crippen LogP contribution in [0.25, 0.3) is 0 Å². The fourth-order valence-corrected chi connectivity index (χ4v) is 4.54. The second kappa shape index (κ2) is 10.0. The van der Waals surface area contributed by atoms with Gasteiger partial charge in [0.25, 0.3) is 0 Å². The van der Waals surface area contributed by atoms with Gasteiger partial charge in [0.1, 0.15) is 5.75 Å². The number of thioether (sulfide) groups is 1. The summed E-state index contributed by atoms with van der Waals surface area (Å²) in [5.74, 6) is 2.36. The molecule has 1 aliphatic heterocycles. The predicted octanol–water partition coefficient (Wildman–Crippen LogP) is 4.53. The van der Waals surface area contributed by atoms with Crippen LogP contribution in [0.1, 0.15) is 28.8 Å². The lowest BCUT2D eigenvalue weighted by Crippen LogP contribution is -2.38. The largest absolute Gasteiger partial charge is 0.496 e. The van der Waals surface area contributed by atoms with Gasteiger partial charge in [-0.25, -0.2) is 0 Å². The van der Waals surface area contributed by atoms with Crippen molar-refractivity contribution in [3.8, 4) is 17.2 Å². The van der Waals surface area contributed by atoms with Gasteiger partial charge in [0.05, 0.1) is 21.3 Å². The third-order valence-corrected chi connectivity index (χ3v) is 6.23. The quantitative estimate of drug-likeness (QED) is 0.466. The Balaban J connectivity index is 1.77. The van der Waals surface area contributed by atoms with Crippen molar-refractivity contribution in [3.63, 3.8) is 0 Å². The van der Waals surface area contributed by atoms with Gasteiger partial charge in [-0.15, -0.1) is 11.8 Å². The van der Waals surface area contributed by atoms with Gasteiger partial charge in [-0.3, -0.25) is 9.69 Å². The molecular weight excluding hydrogens is 386 g/mol. The minimum atomic E-state index is 0.0168. The third kappa shape index (κ3) is 4.87. The first-order valence-corrected chi connectivity index (χ1v) is 11.0. The zero-order chi connectivity index (χ0) is 20.8. The van der Waals surface area contributed by atoms with Crippen molar-refractivity contribution < 1.29 is 19.0 Å². The molecule has 2 aromatic carbocycles. The average Bonchev–Trinajstić information content (AvgIpc) is 2.78. The molecule has 0 aliphatic carbocycles. The summed E-state index contributed by atoms with van der Waals surface area (Å²) < 4.78 is 16.4. The number of benzene rings is 2. The fraction of sp³-hybridized carbons (Fsp3) is 0.435. The van der Waals surface area contributed by atoms with Gasteiger partial charge in [-0.1, -0.05) is 18.2 Å². The van der Waals surface area contributed by atoms with Crippen LogP contribution in [0.3, 0.4) is 0 Å². The molecular formula is C23H29NO4S. The molecule has 0 N–H and O–H groups in total. The normalized spacial score (nSPS) is 17.0. The molecule has 1 atom stereocenters. The lowest BCUT2D eigenvalue weighted by molar-refractivity contribution is 0.0807. The lowest BCUT2D eigenvalue weighted by atomic mass is 9.89. The van der Waals surface area contributed by atoms with E-state index in [9.17, 15) is 4.79 Å². The number of ether oxygens (including phenoxy) is 3. The van der Waals surface area contributed by atoms with Crippen molar-refractivity contribution >= 4 is 17.5 Å². The molecule has 1 aliphatic rings. The number of rotatable bonds is 8. The third-order valence-electron chi connectivity index (χ3n) is 5.43. The molecule has 0 radical (unpaired) electrons. The van der Waals surface area contributed by atoms with E-state index in [0.29, 0.717) is 18.0 Å². The Hall–Kier alpha value is -2.18. The zero-order valence-electron chi connectivity index (χ0n) is 17.6. The Kier molecular flexibility index (Phi) is 7.45. The Labute approximate surface area is 177 Å². The molecule has 6 heteroatoms. The molecule has 5 nitrogen and oxygen atoms in total. The molecule has 3 rings (SSSR count). The van der Waals surface area contributed by atoms with E-state index in [0.717, 1.165) is 47.7 Å². The highest BCUT2D eigenvalue weighted by atomic mass is 32.2. The van der Waals surface area contributed by atoms with Crippen LogP contribution in [-0.2, 0) is 6.54 Å². The second-order valence-corrected chi connectivity index (χ2v) is 8.01. The monoisotopic (exact) mass is 415 g/mol. The van der Waals surface area contributed by atoms with E-state index in [1.54, 1.807) is 33.1 Å². The Morgan fingerprint density at radius 3 is 2.45 bits per heavy atom. The van der Waals surface area contributed by atoms with Crippen LogP contribution < -0.4 is 14.2 Å². The van der Waals surface area contributed by atoms with Gasteiger partial charge >= 0.3 is 0 Å². The molecule has 0 saturated carbocycles. The summed E-state index contributed by atoms with van der Waals surface area (Å²) in [5.41, 5.74) is 1.87. The summed E-state index contributed by atoms with van der Waals surface area (Å²) >= 11 is 1.63. The Morgan fingerprint density at radius 1 is 1.07 bits per heavy atom. The summed E-state index contributed by atoms with van der Waals surface area (Å²) in [6.45, 7) is 2.42. The summed E-state index contributed by atoms with van der Waals surface area (Å²) in [6.07, 6.45) is 3.96. The first-order chi connectivity index (χ1) is 14.1. The highest BCUT2D eigenvalue weighted by Gasteiger charge is 2.28. The van der Waals surface area contributed by atoms with E-state index < -0.39 is 0 Å². The zero-order valence-corrected chi connectivity index (χ0v) is 18.4. The summed E-state index contributed by atoms with van der Waals surface area (Å²) in [4.78, 5) is 16.6. The number of hydrogen-bond acceptors (Lipinski definition) is 6. The van der Waals surface area contributed by atoms with Gasteiger partial charge in [-0.2, -0.15) is 0 Å². The Bertz CT molecular complexity index is 855. The number of piperidine rings is 1. The molecule has 0 bridgehead atoms. The molecule has 0 amide bonds. The van der Waals surface area contributed by atoms with Gasteiger partial charge in [0, 0.05) is 41.1 Å². The van der Waals surface area contributed by atoms with Crippen LogP contribution in [0.15, 0.2) is 41.3 Å². The summed E-state index contributed by atoms with van der Waals surface area (Å²) in [7, 11) is 4.91. The van der Waals surface area contributed by atoms with E-state index in [2.05, 4.69) is 4.90 Å². The van der Waals surface area contributed by atoms with E-state index in [1.165, 1.54) is 0 Å². The lowest BCUT2D eigenvalue weighted by Gasteiger charge is -2.32. The topological polar surface area (TPSA) is 48.0 Å². The molecule has 0 aromatic heterocycles. The number of carbonyl (C=O) groups is 1. The molecule has 1 heterocycles. The number of Topliss-reactive ketones (excluding diaryl/α,β-unsaturated/α-hetero) is 1. The van der Waals surface area contributed by atoms with Crippen LogP contribution in [0.5, 0.6) is 17.2 Å². The number of ketones is 1. The predicted molar refractivity (Wildman–Crippen MR) is 117 cm³/mol. The number of hydrogen-bond donors (Lipinski definition) is 0. The van der Waals surface area contributed by atoms with E-state index in [1.807, 2.05) is 42.7 Å². The van der Waals surface area contributed by atoms with Crippen LogP contribution in [-0.4, -0.2) is 51.4 Å². The van der Waals surface area contributed by atoms with Gasteiger partial charge in [0.2, 0.25) is 0 Å². The van der Waals surface area contributed by atoms with Crippen LogP contribution in [0, 0.1) is 5.92 Å². The van der Waals surface area contributed by atoms with E-state index in [-0.39, 0.29) is 11.7 Å². The molecule has 29 heavy (non-hydrogen) atoms. The van der Waals surface area contributed by atoms with Crippen molar-refractivity contribution in [1.29, 1.82) is 0 Å². The average molecular weight is 416 g/mol. The van der Waals surface area contributed by atoms with Gasteiger partial charge < -0.3 is 14.2 Å². The smallest absolute Gasteiger partial charge is 0.168 e. The van der Waals surface area contributed by atoms with Crippen molar-refractivity contribution in [2.45, 2.75) is 24.3 Å². The number of nitrogens with zero attached hydrogens (tertiary/aromatic N) is 1.